The minimum absolute atomic E-state index is 0.0833. The number of hydrogen-bond donors (Lipinski definition) is 0. The van der Waals surface area contributed by atoms with Crippen molar-refractivity contribution >= 4 is 5.88 Å². The molecule has 0 aliphatic carbocycles. The molecule has 3 rings (SSSR count). The van der Waals surface area contributed by atoms with Crippen LogP contribution in [0.15, 0.2) is 45.5 Å². The predicted octanol–water partition coefficient (Wildman–Crippen LogP) is 2.30. The number of hydrogen-bond acceptors (Lipinski definition) is 7. The van der Waals surface area contributed by atoms with Gasteiger partial charge in [0.25, 0.3) is 5.89 Å². The van der Waals surface area contributed by atoms with E-state index < -0.39 is 4.92 Å². The average molecular weight is 258 g/mol. The number of rotatable bonds is 3. The molecule has 0 bridgehead atoms. The Morgan fingerprint density at radius 1 is 1.00 bits per heavy atom. The van der Waals surface area contributed by atoms with Gasteiger partial charge in [0.1, 0.15) is 4.92 Å². The van der Waals surface area contributed by atoms with Gasteiger partial charge >= 0.3 is 5.88 Å². The third kappa shape index (κ3) is 2.06. The molecule has 3 aromatic rings. The zero-order valence-electron chi connectivity index (χ0n) is 9.39. The lowest BCUT2D eigenvalue weighted by Gasteiger charge is -1.91. The quantitative estimate of drug-likeness (QED) is 0.523. The number of nitro groups is 1. The second-order valence-corrected chi connectivity index (χ2v) is 3.54. The maximum atomic E-state index is 10.5. The van der Waals surface area contributed by atoms with Crippen molar-refractivity contribution in [3.05, 3.63) is 46.8 Å². The van der Waals surface area contributed by atoms with Gasteiger partial charge in [-0.3, -0.25) is 15.1 Å². The molecule has 8 heteroatoms. The van der Waals surface area contributed by atoms with Crippen LogP contribution < -0.4 is 0 Å². The van der Waals surface area contributed by atoms with Crippen LogP contribution in [0.25, 0.3) is 23.1 Å². The average Bonchev–Trinajstić information content (AvgIpc) is 3.09. The molecule has 0 aliphatic rings. The van der Waals surface area contributed by atoms with Gasteiger partial charge in [0.15, 0.2) is 5.76 Å². The molecule has 0 N–H and O–H groups in total. The summed E-state index contributed by atoms with van der Waals surface area (Å²) in [6.07, 6.45) is 3.19. The van der Waals surface area contributed by atoms with E-state index in [0.29, 0.717) is 5.56 Å². The normalized spacial score (nSPS) is 10.5. The third-order valence-electron chi connectivity index (χ3n) is 2.33. The van der Waals surface area contributed by atoms with Gasteiger partial charge in [-0.05, 0) is 18.2 Å². The van der Waals surface area contributed by atoms with Crippen molar-refractivity contribution < 1.29 is 13.8 Å². The van der Waals surface area contributed by atoms with E-state index in [4.69, 9.17) is 8.83 Å². The summed E-state index contributed by atoms with van der Waals surface area (Å²) in [5.41, 5.74) is 0.704. The molecule has 0 spiro atoms. The molecular weight excluding hydrogens is 252 g/mol. The maximum Gasteiger partial charge on any atom is 0.433 e. The molecule has 8 nitrogen and oxygen atoms in total. The topological polar surface area (TPSA) is 108 Å². The van der Waals surface area contributed by atoms with Crippen molar-refractivity contribution in [2.75, 3.05) is 0 Å². The van der Waals surface area contributed by atoms with Gasteiger partial charge in [-0.15, -0.1) is 10.2 Å². The highest BCUT2D eigenvalue weighted by Gasteiger charge is 2.18. The highest BCUT2D eigenvalue weighted by molar-refractivity contribution is 5.54. The first-order chi connectivity index (χ1) is 9.24. The molecule has 0 fully saturated rings. The second kappa shape index (κ2) is 4.33. The summed E-state index contributed by atoms with van der Waals surface area (Å²) in [7, 11) is 0. The highest BCUT2D eigenvalue weighted by atomic mass is 16.6. The fraction of sp³-hybridized carbons (Fsp3) is 0. The molecule has 0 saturated heterocycles. The summed E-state index contributed by atoms with van der Waals surface area (Å²) in [5.74, 6) is 0.148. The number of nitrogens with zero attached hydrogens (tertiary/aromatic N) is 4. The molecule has 0 atom stereocenters. The molecule has 3 heterocycles. The van der Waals surface area contributed by atoms with Crippen LogP contribution >= 0.6 is 0 Å². The van der Waals surface area contributed by atoms with Gasteiger partial charge in [-0.25, -0.2) is 0 Å². The monoisotopic (exact) mass is 258 g/mol. The lowest BCUT2D eigenvalue weighted by Crippen LogP contribution is -1.82. The van der Waals surface area contributed by atoms with Gasteiger partial charge in [0.05, 0.1) is 6.07 Å². The largest absolute Gasteiger partial charge is 0.433 e. The molecule has 19 heavy (non-hydrogen) atoms. The Bertz CT molecular complexity index is 719. The highest BCUT2D eigenvalue weighted by Crippen LogP contribution is 2.27. The van der Waals surface area contributed by atoms with E-state index in [1.54, 1.807) is 24.5 Å². The van der Waals surface area contributed by atoms with Crippen LogP contribution in [0.5, 0.6) is 0 Å². The first kappa shape index (κ1) is 11.1. The molecule has 0 aliphatic heterocycles. The minimum atomic E-state index is -0.635. The van der Waals surface area contributed by atoms with Gasteiger partial charge in [-0.2, -0.15) is 0 Å². The number of aromatic nitrogens is 3. The molecule has 0 amide bonds. The zero-order chi connectivity index (χ0) is 13.2. The summed E-state index contributed by atoms with van der Waals surface area (Å²) in [5, 5.41) is 18.1. The second-order valence-electron chi connectivity index (χ2n) is 3.54. The molecule has 3 aromatic heterocycles. The van der Waals surface area contributed by atoms with E-state index in [2.05, 4.69) is 15.2 Å². The lowest BCUT2D eigenvalue weighted by atomic mass is 10.3. The van der Waals surface area contributed by atoms with Crippen LogP contribution in [0.2, 0.25) is 0 Å². The Morgan fingerprint density at radius 3 is 2.42 bits per heavy atom. The fourth-order valence-electron chi connectivity index (χ4n) is 1.47. The summed E-state index contributed by atoms with van der Waals surface area (Å²) in [4.78, 5) is 13.8. The van der Waals surface area contributed by atoms with Crippen LogP contribution in [-0.2, 0) is 0 Å². The Kier molecular flexibility index (Phi) is 2.53. The van der Waals surface area contributed by atoms with E-state index in [-0.39, 0.29) is 23.4 Å². The van der Waals surface area contributed by atoms with Gasteiger partial charge in [-0.1, -0.05) is 0 Å². The van der Waals surface area contributed by atoms with Crippen LogP contribution in [0.4, 0.5) is 5.88 Å². The molecule has 0 saturated carbocycles. The van der Waals surface area contributed by atoms with E-state index in [1.807, 2.05) is 0 Å². The maximum absolute atomic E-state index is 10.5. The third-order valence-corrected chi connectivity index (χ3v) is 2.33. The zero-order valence-corrected chi connectivity index (χ0v) is 9.39. The van der Waals surface area contributed by atoms with Crippen molar-refractivity contribution in [3.8, 4) is 23.1 Å². The molecule has 0 radical (unpaired) electrons. The van der Waals surface area contributed by atoms with Crippen molar-refractivity contribution in [1.29, 1.82) is 0 Å². The standard InChI is InChI=1S/C11H6N4O4/c16-15(17)9-2-1-8(18-9)11-14-13-10(19-11)7-3-5-12-6-4-7/h1-6H. The molecule has 94 valence electrons. The molecule has 0 unspecified atom stereocenters. The van der Waals surface area contributed by atoms with Crippen LogP contribution in [0.3, 0.4) is 0 Å². The van der Waals surface area contributed by atoms with Crippen molar-refractivity contribution in [2.24, 2.45) is 0 Å². The van der Waals surface area contributed by atoms with Crippen molar-refractivity contribution in [2.45, 2.75) is 0 Å². The van der Waals surface area contributed by atoms with Crippen LogP contribution in [0.1, 0.15) is 0 Å². The summed E-state index contributed by atoms with van der Waals surface area (Å²) >= 11 is 0. The first-order valence-corrected chi connectivity index (χ1v) is 5.22. The Morgan fingerprint density at radius 2 is 1.74 bits per heavy atom. The minimum Gasteiger partial charge on any atom is -0.413 e. The molecular formula is C11H6N4O4. The van der Waals surface area contributed by atoms with Gasteiger partial charge in [0.2, 0.25) is 5.89 Å². The Balaban J connectivity index is 1.94. The number of pyridine rings is 1. The first-order valence-electron chi connectivity index (χ1n) is 5.22. The Labute approximate surface area is 105 Å². The molecule has 0 aromatic carbocycles. The van der Waals surface area contributed by atoms with E-state index in [0.717, 1.165) is 0 Å². The van der Waals surface area contributed by atoms with Gasteiger partial charge in [0, 0.05) is 18.0 Å². The predicted molar refractivity (Wildman–Crippen MR) is 61.9 cm³/mol. The lowest BCUT2D eigenvalue weighted by molar-refractivity contribution is -0.401. The van der Waals surface area contributed by atoms with Gasteiger partial charge < -0.3 is 8.83 Å². The number of furan rings is 1. The van der Waals surface area contributed by atoms with Crippen molar-refractivity contribution in [1.82, 2.24) is 15.2 Å². The summed E-state index contributed by atoms with van der Waals surface area (Å²) < 4.78 is 10.4. The van der Waals surface area contributed by atoms with Crippen molar-refractivity contribution in [3.63, 3.8) is 0 Å². The summed E-state index contributed by atoms with van der Waals surface area (Å²) in [6.45, 7) is 0. The fourth-order valence-corrected chi connectivity index (χ4v) is 1.47. The van der Waals surface area contributed by atoms with E-state index in [1.165, 1.54) is 12.1 Å². The smallest absolute Gasteiger partial charge is 0.413 e. The Hall–Kier alpha value is -3.03. The van der Waals surface area contributed by atoms with Crippen LogP contribution in [0, 0.1) is 10.1 Å². The van der Waals surface area contributed by atoms with Crippen LogP contribution in [-0.4, -0.2) is 20.1 Å². The SMILES string of the molecule is O=[N+]([O-])c1ccc(-c2nnc(-c3ccncc3)o2)o1. The van der Waals surface area contributed by atoms with E-state index in [9.17, 15) is 10.1 Å². The summed E-state index contributed by atoms with van der Waals surface area (Å²) in [6, 6.07) is 6.05. The van der Waals surface area contributed by atoms with E-state index >= 15 is 0 Å².